The predicted octanol–water partition coefficient (Wildman–Crippen LogP) is 3.44. The lowest BCUT2D eigenvalue weighted by Gasteiger charge is -1.96. The lowest BCUT2D eigenvalue weighted by Crippen LogP contribution is -1.99. The van der Waals surface area contributed by atoms with Gasteiger partial charge < -0.3 is 0 Å². The summed E-state index contributed by atoms with van der Waals surface area (Å²) >= 11 is 5.39. The molecule has 0 heterocycles. The maximum Gasteiger partial charge on any atom is 0.177 e. The Labute approximate surface area is 84.7 Å². The largest absolute Gasteiger partial charge is 0.293 e. The van der Waals surface area contributed by atoms with Crippen molar-refractivity contribution in [2.45, 2.75) is 20.8 Å². The van der Waals surface area contributed by atoms with Crippen LogP contribution in [-0.2, 0) is 0 Å². The monoisotopic (exact) mass is 198 g/mol. The first-order chi connectivity index (χ1) is 6.24. The van der Waals surface area contributed by atoms with Crippen LogP contribution in [0.25, 0.3) is 0 Å². The Morgan fingerprint density at radius 1 is 1.38 bits per heavy atom. The van der Waals surface area contributed by atoms with E-state index in [0.717, 1.165) is 5.56 Å². The summed E-state index contributed by atoms with van der Waals surface area (Å²) in [4.78, 5) is 11.0. The number of alkyl halides is 1. The highest BCUT2D eigenvalue weighted by atomic mass is 35.5. The smallest absolute Gasteiger partial charge is 0.177 e. The van der Waals surface area contributed by atoms with Gasteiger partial charge in [0.05, 0.1) is 5.88 Å². The lowest BCUT2D eigenvalue weighted by atomic mass is 10.1. The number of halogens is 1. The molecule has 2 heteroatoms. The second kappa shape index (κ2) is 6.67. The van der Waals surface area contributed by atoms with Crippen LogP contribution in [-0.4, -0.2) is 11.7 Å². The van der Waals surface area contributed by atoms with E-state index in [-0.39, 0.29) is 11.7 Å². The minimum atomic E-state index is -0.0182. The van der Waals surface area contributed by atoms with Crippen LogP contribution in [0.3, 0.4) is 0 Å². The van der Waals surface area contributed by atoms with E-state index >= 15 is 0 Å². The van der Waals surface area contributed by atoms with E-state index in [0.29, 0.717) is 5.56 Å². The molecule has 1 aromatic carbocycles. The quantitative estimate of drug-likeness (QED) is 0.526. The van der Waals surface area contributed by atoms with Gasteiger partial charge in [-0.1, -0.05) is 37.6 Å². The van der Waals surface area contributed by atoms with Crippen LogP contribution in [0.5, 0.6) is 0 Å². The van der Waals surface area contributed by atoms with E-state index in [1.165, 1.54) is 0 Å². The molecule has 0 aliphatic heterocycles. The van der Waals surface area contributed by atoms with E-state index in [4.69, 9.17) is 11.6 Å². The first-order valence-electron chi connectivity index (χ1n) is 4.40. The molecular weight excluding hydrogens is 184 g/mol. The molecule has 0 amide bonds. The Balaban J connectivity index is 0.000000671. The Kier molecular flexibility index (Phi) is 6.25. The second-order valence-electron chi connectivity index (χ2n) is 2.43. The number of benzene rings is 1. The Morgan fingerprint density at radius 3 is 2.46 bits per heavy atom. The average molecular weight is 199 g/mol. The topological polar surface area (TPSA) is 17.1 Å². The number of aryl methyl sites for hydroxylation is 1. The van der Waals surface area contributed by atoms with Crippen molar-refractivity contribution in [2.75, 3.05) is 5.88 Å². The highest BCUT2D eigenvalue weighted by Crippen LogP contribution is 2.05. The summed E-state index contributed by atoms with van der Waals surface area (Å²) in [5.74, 6) is 0.0408. The highest BCUT2D eigenvalue weighted by Gasteiger charge is 2.01. The molecular formula is C11H15ClO. The first kappa shape index (κ1) is 12.2. The van der Waals surface area contributed by atoms with Gasteiger partial charge in [0.1, 0.15) is 0 Å². The molecule has 0 unspecified atom stereocenters. The molecule has 0 saturated heterocycles. The zero-order valence-electron chi connectivity index (χ0n) is 8.30. The molecule has 1 nitrogen and oxygen atoms in total. The van der Waals surface area contributed by atoms with Gasteiger partial charge in [-0.25, -0.2) is 0 Å². The minimum absolute atomic E-state index is 0.0182. The number of carbonyl (C=O) groups excluding carboxylic acids is 1. The standard InChI is InChI=1S/C9H9ClO.C2H6/c1-7-3-2-4-8(5-7)9(11)6-10;1-2/h2-5H,6H2,1H3;1-2H3. The van der Waals surface area contributed by atoms with E-state index in [1.54, 1.807) is 6.07 Å². The summed E-state index contributed by atoms with van der Waals surface area (Å²) in [6.45, 7) is 5.95. The summed E-state index contributed by atoms with van der Waals surface area (Å²) < 4.78 is 0. The molecule has 0 aromatic heterocycles. The fraction of sp³-hybridized carbons (Fsp3) is 0.364. The molecule has 1 aromatic rings. The molecule has 1 rings (SSSR count). The fourth-order valence-electron chi connectivity index (χ4n) is 0.896. The van der Waals surface area contributed by atoms with Crippen molar-refractivity contribution in [1.29, 1.82) is 0 Å². The molecule has 0 atom stereocenters. The lowest BCUT2D eigenvalue weighted by molar-refractivity contribution is 0.102. The van der Waals surface area contributed by atoms with Crippen LogP contribution < -0.4 is 0 Å². The summed E-state index contributed by atoms with van der Waals surface area (Å²) in [6, 6.07) is 7.42. The average Bonchev–Trinajstić information content (AvgIpc) is 2.20. The van der Waals surface area contributed by atoms with Crippen molar-refractivity contribution in [2.24, 2.45) is 0 Å². The van der Waals surface area contributed by atoms with Gasteiger partial charge in [-0.3, -0.25) is 4.79 Å². The zero-order chi connectivity index (χ0) is 10.3. The minimum Gasteiger partial charge on any atom is -0.293 e. The summed E-state index contributed by atoms with van der Waals surface area (Å²) in [5, 5.41) is 0. The Hall–Kier alpha value is -0.820. The van der Waals surface area contributed by atoms with Crippen LogP contribution in [0.2, 0.25) is 0 Å². The maximum absolute atomic E-state index is 11.0. The van der Waals surface area contributed by atoms with Crippen LogP contribution in [0, 0.1) is 6.92 Å². The SMILES string of the molecule is CC.Cc1cccc(C(=O)CCl)c1. The van der Waals surface area contributed by atoms with Gasteiger partial charge in [0.25, 0.3) is 0 Å². The molecule has 0 aliphatic rings. The van der Waals surface area contributed by atoms with E-state index in [1.807, 2.05) is 39.0 Å². The second-order valence-corrected chi connectivity index (χ2v) is 2.69. The number of rotatable bonds is 2. The van der Waals surface area contributed by atoms with Gasteiger partial charge in [-0.2, -0.15) is 0 Å². The molecule has 72 valence electrons. The molecule has 0 saturated carbocycles. The summed E-state index contributed by atoms with van der Waals surface area (Å²) in [6.07, 6.45) is 0. The highest BCUT2D eigenvalue weighted by molar-refractivity contribution is 6.30. The van der Waals surface area contributed by atoms with Crippen molar-refractivity contribution >= 4 is 17.4 Å². The van der Waals surface area contributed by atoms with Crippen molar-refractivity contribution in [3.05, 3.63) is 35.4 Å². The van der Waals surface area contributed by atoms with E-state index in [9.17, 15) is 4.79 Å². The van der Waals surface area contributed by atoms with Gasteiger partial charge in [-0.05, 0) is 13.0 Å². The molecule has 0 bridgehead atoms. The normalized spacial score (nSPS) is 8.62. The summed E-state index contributed by atoms with van der Waals surface area (Å²) in [7, 11) is 0. The number of Topliss-reactive ketones (excluding diaryl/α,β-unsaturated/α-hetero) is 1. The number of hydrogen-bond donors (Lipinski definition) is 0. The van der Waals surface area contributed by atoms with Crippen LogP contribution in [0.15, 0.2) is 24.3 Å². The third-order valence-corrected chi connectivity index (χ3v) is 1.70. The van der Waals surface area contributed by atoms with Crippen LogP contribution in [0.4, 0.5) is 0 Å². The van der Waals surface area contributed by atoms with Gasteiger partial charge >= 0.3 is 0 Å². The molecule has 13 heavy (non-hydrogen) atoms. The number of ketones is 1. The van der Waals surface area contributed by atoms with Crippen molar-refractivity contribution < 1.29 is 4.79 Å². The van der Waals surface area contributed by atoms with Crippen molar-refractivity contribution in [1.82, 2.24) is 0 Å². The number of carbonyl (C=O) groups is 1. The van der Waals surface area contributed by atoms with E-state index in [2.05, 4.69) is 0 Å². The Bertz CT molecular complexity index is 269. The summed E-state index contributed by atoms with van der Waals surface area (Å²) in [5.41, 5.74) is 1.78. The third kappa shape index (κ3) is 4.09. The van der Waals surface area contributed by atoms with Gasteiger partial charge in [-0.15, -0.1) is 11.6 Å². The van der Waals surface area contributed by atoms with Gasteiger partial charge in [0, 0.05) is 5.56 Å². The zero-order valence-corrected chi connectivity index (χ0v) is 9.06. The molecule has 0 fully saturated rings. The predicted molar refractivity (Wildman–Crippen MR) is 57.6 cm³/mol. The molecule has 0 N–H and O–H groups in total. The molecule has 0 aliphatic carbocycles. The molecule has 0 radical (unpaired) electrons. The van der Waals surface area contributed by atoms with Crippen molar-refractivity contribution in [3.8, 4) is 0 Å². The molecule has 0 spiro atoms. The fourth-order valence-corrected chi connectivity index (χ4v) is 1.05. The van der Waals surface area contributed by atoms with Gasteiger partial charge in [0.15, 0.2) is 5.78 Å². The third-order valence-electron chi connectivity index (χ3n) is 1.46. The van der Waals surface area contributed by atoms with Crippen LogP contribution >= 0.6 is 11.6 Å². The first-order valence-corrected chi connectivity index (χ1v) is 4.93. The maximum atomic E-state index is 11.0. The van der Waals surface area contributed by atoms with E-state index < -0.39 is 0 Å². The van der Waals surface area contributed by atoms with Crippen LogP contribution in [0.1, 0.15) is 29.8 Å². The van der Waals surface area contributed by atoms with Gasteiger partial charge in [0.2, 0.25) is 0 Å². The Morgan fingerprint density at radius 2 is 2.00 bits per heavy atom. The number of hydrogen-bond acceptors (Lipinski definition) is 1. The van der Waals surface area contributed by atoms with Crippen molar-refractivity contribution in [3.63, 3.8) is 0 Å².